The molecule has 0 unspecified atom stereocenters. The van der Waals surface area contributed by atoms with Gasteiger partial charge in [0.2, 0.25) is 0 Å². The normalized spacial score (nSPS) is 10.4. The average molecular weight is 288 g/mol. The highest BCUT2D eigenvalue weighted by Gasteiger charge is 2.04. The number of halogens is 1. The lowest BCUT2D eigenvalue weighted by Gasteiger charge is -2.07. The zero-order chi connectivity index (χ0) is 13.9. The van der Waals surface area contributed by atoms with E-state index in [9.17, 15) is 4.79 Å². The maximum absolute atomic E-state index is 11.9. The molecule has 0 fully saturated rings. The van der Waals surface area contributed by atoms with E-state index in [0.29, 0.717) is 16.5 Å². The molecule has 0 atom stereocenters. The number of rotatable bonds is 2. The van der Waals surface area contributed by atoms with E-state index in [1.54, 1.807) is 24.4 Å². The van der Waals surface area contributed by atoms with Gasteiger partial charge < -0.3 is 10.6 Å². The van der Waals surface area contributed by atoms with Gasteiger partial charge in [-0.2, -0.15) is 5.10 Å². The molecule has 0 saturated heterocycles. The molecule has 0 spiro atoms. The summed E-state index contributed by atoms with van der Waals surface area (Å²) in [5, 5.41) is 13.4. The molecule has 0 aliphatic carbocycles. The first-order valence-electron chi connectivity index (χ1n) is 5.83. The Bertz CT molecular complexity index is 770. The van der Waals surface area contributed by atoms with Crippen molar-refractivity contribution in [3.8, 4) is 0 Å². The van der Waals surface area contributed by atoms with Crippen LogP contribution in [0.5, 0.6) is 0 Å². The Labute approximate surface area is 119 Å². The minimum absolute atomic E-state index is 0.322. The van der Waals surface area contributed by atoms with Gasteiger partial charge in [-0.15, -0.1) is 0 Å². The van der Waals surface area contributed by atoms with E-state index < -0.39 is 0 Å². The fraction of sp³-hybridized carbons (Fsp3) is 0. The molecular formula is C13H10ClN5O. The van der Waals surface area contributed by atoms with E-state index in [0.717, 1.165) is 10.9 Å². The Morgan fingerprint density at radius 3 is 2.75 bits per heavy atom. The Kier molecular flexibility index (Phi) is 3.22. The molecule has 3 rings (SSSR count). The number of aromatic nitrogens is 3. The van der Waals surface area contributed by atoms with Crippen molar-refractivity contribution in [2.45, 2.75) is 0 Å². The molecule has 1 aromatic carbocycles. The topological polar surface area (TPSA) is 82.7 Å². The summed E-state index contributed by atoms with van der Waals surface area (Å²) in [5.74, 6) is 0. The molecule has 2 aromatic heterocycles. The highest BCUT2D eigenvalue weighted by atomic mass is 35.5. The zero-order valence-electron chi connectivity index (χ0n) is 10.2. The standard InChI is InChI=1S/C13H10ClN5O/c14-12-6-10(3-4-15-12)18-13(20)17-9-1-2-11-8(5-9)7-16-19-11/h1-7H,(H,16,19)(H2,15,17,18,20). The van der Waals surface area contributed by atoms with Crippen LogP contribution in [0.25, 0.3) is 10.9 Å². The van der Waals surface area contributed by atoms with Gasteiger partial charge in [0.15, 0.2) is 0 Å². The highest BCUT2D eigenvalue weighted by molar-refractivity contribution is 6.29. The first kappa shape index (κ1) is 12.4. The van der Waals surface area contributed by atoms with Crippen molar-refractivity contribution in [3.05, 3.63) is 47.9 Å². The number of amides is 2. The maximum atomic E-state index is 11.9. The second kappa shape index (κ2) is 5.18. The average Bonchev–Trinajstić information content (AvgIpc) is 2.86. The largest absolute Gasteiger partial charge is 0.323 e. The van der Waals surface area contributed by atoms with Gasteiger partial charge in [-0.25, -0.2) is 9.78 Å². The first-order valence-corrected chi connectivity index (χ1v) is 6.21. The van der Waals surface area contributed by atoms with E-state index in [1.807, 2.05) is 12.1 Å². The lowest BCUT2D eigenvalue weighted by Crippen LogP contribution is -2.19. The van der Waals surface area contributed by atoms with E-state index in [4.69, 9.17) is 11.6 Å². The molecule has 7 heteroatoms. The highest BCUT2D eigenvalue weighted by Crippen LogP contribution is 2.17. The summed E-state index contributed by atoms with van der Waals surface area (Å²) in [4.78, 5) is 15.7. The Hall–Kier alpha value is -2.60. The summed E-state index contributed by atoms with van der Waals surface area (Å²) in [7, 11) is 0. The summed E-state index contributed by atoms with van der Waals surface area (Å²) >= 11 is 5.75. The molecule has 3 aromatic rings. The summed E-state index contributed by atoms with van der Waals surface area (Å²) in [6.07, 6.45) is 3.22. The number of anilines is 2. The van der Waals surface area contributed by atoms with Gasteiger partial charge >= 0.3 is 6.03 Å². The smallest absolute Gasteiger partial charge is 0.308 e. The predicted molar refractivity (Wildman–Crippen MR) is 78.0 cm³/mol. The number of hydrogen-bond donors (Lipinski definition) is 3. The molecule has 0 aliphatic rings. The van der Waals surface area contributed by atoms with E-state index in [2.05, 4.69) is 25.8 Å². The van der Waals surface area contributed by atoms with Crippen LogP contribution in [0.15, 0.2) is 42.7 Å². The number of H-pyrrole nitrogens is 1. The van der Waals surface area contributed by atoms with Crippen LogP contribution >= 0.6 is 11.6 Å². The lowest BCUT2D eigenvalue weighted by molar-refractivity contribution is 0.262. The summed E-state index contributed by atoms with van der Waals surface area (Å²) < 4.78 is 0. The number of fused-ring (bicyclic) bond motifs is 1. The second-order valence-corrected chi connectivity index (χ2v) is 4.51. The van der Waals surface area contributed by atoms with Crippen molar-refractivity contribution in [2.24, 2.45) is 0 Å². The van der Waals surface area contributed by atoms with E-state index >= 15 is 0 Å². The second-order valence-electron chi connectivity index (χ2n) is 4.12. The lowest BCUT2D eigenvalue weighted by atomic mass is 10.2. The number of nitrogens with one attached hydrogen (secondary N) is 3. The van der Waals surface area contributed by atoms with Crippen LogP contribution in [0, 0.1) is 0 Å². The molecule has 0 saturated carbocycles. The summed E-state index contributed by atoms with van der Waals surface area (Å²) in [6, 6.07) is 8.35. The van der Waals surface area contributed by atoms with Crippen molar-refractivity contribution in [2.75, 3.05) is 10.6 Å². The number of hydrogen-bond acceptors (Lipinski definition) is 3. The van der Waals surface area contributed by atoms with Gasteiger partial charge in [0.05, 0.1) is 11.7 Å². The van der Waals surface area contributed by atoms with Gasteiger partial charge in [-0.05, 0) is 30.3 Å². The van der Waals surface area contributed by atoms with Crippen molar-refractivity contribution >= 4 is 39.9 Å². The fourth-order valence-corrected chi connectivity index (χ4v) is 1.97. The van der Waals surface area contributed by atoms with Gasteiger partial charge in [-0.3, -0.25) is 5.10 Å². The quantitative estimate of drug-likeness (QED) is 0.633. The minimum atomic E-state index is -0.352. The third-order valence-electron chi connectivity index (χ3n) is 2.68. The minimum Gasteiger partial charge on any atom is -0.308 e. The molecule has 6 nitrogen and oxygen atoms in total. The summed E-state index contributed by atoms with van der Waals surface area (Å²) in [6.45, 7) is 0. The number of pyridine rings is 1. The number of benzene rings is 1. The van der Waals surface area contributed by atoms with Gasteiger partial charge in [0.25, 0.3) is 0 Å². The van der Waals surface area contributed by atoms with Crippen molar-refractivity contribution in [1.29, 1.82) is 0 Å². The number of urea groups is 1. The molecule has 100 valence electrons. The fourth-order valence-electron chi connectivity index (χ4n) is 1.79. The Balaban J connectivity index is 1.72. The first-order chi connectivity index (χ1) is 9.70. The maximum Gasteiger partial charge on any atom is 0.323 e. The van der Waals surface area contributed by atoms with E-state index in [-0.39, 0.29) is 6.03 Å². The molecule has 3 N–H and O–H groups in total. The molecule has 2 heterocycles. The van der Waals surface area contributed by atoms with Crippen LogP contribution in [0.1, 0.15) is 0 Å². The van der Waals surface area contributed by atoms with Crippen LogP contribution < -0.4 is 10.6 Å². The van der Waals surface area contributed by atoms with Crippen LogP contribution in [-0.4, -0.2) is 21.2 Å². The zero-order valence-corrected chi connectivity index (χ0v) is 11.0. The van der Waals surface area contributed by atoms with Crippen LogP contribution in [0.2, 0.25) is 5.15 Å². The third-order valence-corrected chi connectivity index (χ3v) is 2.89. The van der Waals surface area contributed by atoms with Gasteiger partial charge in [0, 0.05) is 23.0 Å². The van der Waals surface area contributed by atoms with Crippen molar-refractivity contribution in [3.63, 3.8) is 0 Å². The number of aromatic amines is 1. The van der Waals surface area contributed by atoms with Crippen LogP contribution in [0.4, 0.5) is 16.2 Å². The summed E-state index contributed by atoms with van der Waals surface area (Å²) in [5.41, 5.74) is 2.17. The van der Waals surface area contributed by atoms with Crippen LogP contribution in [0.3, 0.4) is 0 Å². The number of carbonyl (C=O) groups is 1. The van der Waals surface area contributed by atoms with Gasteiger partial charge in [0.1, 0.15) is 5.15 Å². The number of carbonyl (C=O) groups excluding carboxylic acids is 1. The molecular weight excluding hydrogens is 278 g/mol. The van der Waals surface area contributed by atoms with Gasteiger partial charge in [-0.1, -0.05) is 11.6 Å². The van der Waals surface area contributed by atoms with Crippen molar-refractivity contribution in [1.82, 2.24) is 15.2 Å². The van der Waals surface area contributed by atoms with Crippen LogP contribution in [-0.2, 0) is 0 Å². The molecule has 0 aliphatic heterocycles. The third kappa shape index (κ3) is 2.70. The van der Waals surface area contributed by atoms with E-state index in [1.165, 1.54) is 6.20 Å². The Morgan fingerprint density at radius 2 is 1.95 bits per heavy atom. The van der Waals surface area contributed by atoms with Crippen molar-refractivity contribution < 1.29 is 4.79 Å². The number of nitrogens with zero attached hydrogens (tertiary/aromatic N) is 2. The molecule has 2 amide bonds. The molecule has 0 bridgehead atoms. The SMILES string of the molecule is O=C(Nc1ccnc(Cl)c1)Nc1ccc2[nH]ncc2c1. The monoisotopic (exact) mass is 287 g/mol. The molecule has 20 heavy (non-hydrogen) atoms. The molecule has 0 radical (unpaired) electrons. The Morgan fingerprint density at radius 1 is 1.15 bits per heavy atom. The predicted octanol–water partition coefficient (Wildman–Crippen LogP) is 3.26.